The van der Waals surface area contributed by atoms with Crippen LogP contribution >= 0.6 is 0 Å². The number of ether oxygens (including phenoxy) is 1. The lowest BCUT2D eigenvalue weighted by Crippen LogP contribution is -2.41. The number of carbonyl (C=O) groups is 2. The quantitative estimate of drug-likeness (QED) is 0.570. The molecule has 0 unspecified atom stereocenters. The van der Waals surface area contributed by atoms with Gasteiger partial charge in [-0.25, -0.2) is 0 Å². The van der Waals surface area contributed by atoms with E-state index in [4.69, 9.17) is 4.74 Å². The minimum absolute atomic E-state index is 0.0435. The van der Waals surface area contributed by atoms with Crippen LogP contribution < -0.4 is 10.6 Å². The Balaban J connectivity index is 1.63. The Morgan fingerprint density at radius 2 is 1.83 bits per heavy atom. The molecule has 2 amide bonds. The van der Waals surface area contributed by atoms with Crippen molar-refractivity contribution in [3.8, 4) is 0 Å². The normalized spacial score (nSPS) is 13.6. The molecule has 0 saturated carbocycles. The van der Waals surface area contributed by atoms with E-state index in [1.54, 1.807) is 36.2 Å². The van der Waals surface area contributed by atoms with Crippen LogP contribution in [0.3, 0.4) is 0 Å². The minimum Gasteiger partial charge on any atom is -0.383 e. The molecule has 1 aliphatic rings. The summed E-state index contributed by atoms with van der Waals surface area (Å²) < 4.78 is 5.25. The molecule has 2 aromatic carbocycles. The number of carbonyl (C=O) groups excluding carboxylic acids is 2. The van der Waals surface area contributed by atoms with Crippen LogP contribution in [-0.2, 0) is 16.0 Å². The highest BCUT2D eigenvalue weighted by molar-refractivity contribution is 6.05. The molecule has 0 bridgehead atoms. The number of nitrogens with zero attached hydrogens (tertiary/aromatic N) is 2. The highest BCUT2D eigenvalue weighted by atomic mass is 16.6. The van der Waals surface area contributed by atoms with Crippen molar-refractivity contribution in [2.24, 2.45) is 0 Å². The van der Waals surface area contributed by atoms with Crippen LogP contribution in [-0.4, -0.2) is 55.0 Å². The Morgan fingerprint density at radius 3 is 2.45 bits per heavy atom. The van der Waals surface area contributed by atoms with Gasteiger partial charge in [0.1, 0.15) is 5.69 Å². The molecule has 29 heavy (non-hydrogen) atoms. The van der Waals surface area contributed by atoms with Gasteiger partial charge in [0.2, 0.25) is 5.91 Å². The van der Waals surface area contributed by atoms with Crippen molar-refractivity contribution in [3.05, 3.63) is 63.7 Å². The van der Waals surface area contributed by atoms with Gasteiger partial charge in [0, 0.05) is 37.5 Å². The van der Waals surface area contributed by atoms with E-state index in [0.29, 0.717) is 37.7 Å². The summed E-state index contributed by atoms with van der Waals surface area (Å²) in [5, 5.41) is 16.6. The second-order valence-corrected chi connectivity index (χ2v) is 6.56. The van der Waals surface area contributed by atoms with E-state index in [1.807, 2.05) is 0 Å². The van der Waals surface area contributed by atoms with Crippen molar-refractivity contribution in [1.29, 1.82) is 0 Å². The molecule has 0 atom stereocenters. The Labute approximate surface area is 167 Å². The average molecular weight is 398 g/mol. The van der Waals surface area contributed by atoms with Crippen LogP contribution in [0.2, 0.25) is 0 Å². The number of rotatable bonds is 6. The van der Waals surface area contributed by atoms with E-state index in [9.17, 15) is 19.7 Å². The molecular weight excluding hydrogens is 376 g/mol. The fraction of sp³-hybridized carbons (Fsp3) is 0.300. The van der Waals surface area contributed by atoms with Crippen LogP contribution in [0.25, 0.3) is 0 Å². The van der Waals surface area contributed by atoms with E-state index < -0.39 is 10.8 Å². The maximum absolute atomic E-state index is 12.4. The third-order valence-electron chi connectivity index (χ3n) is 4.66. The molecule has 1 aliphatic heterocycles. The number of anilines is 2. The molecular formula is C20H22N4O5. The number of nitrogens with one attached hydrogen (secondary N) is 2. The summed E-state index contributed by atoms with van der Waals surface area (Å²) in [6, 6.07) is 11.2. The Hall–Kier alpha value is -3.46. The molecule has 3 rings (SSSR count). The van der Waals surface area contributed by atoms with Crippen molar-refractivity contribution in [2.45, 2.75) is 6.42 Å². The van der Waals surface area contributed by atoms with E-state index in [-0.39, 0.29) is 23.6 Å². The lowest BCUT2D eigenvalue weighted by Gasteiger charge is -2.26. The first-order valence-corrected chi connectivity index (χ1v) is 9.20. The number of benzene rings is 2. The summed E-state index contributed by atoms with van der Waals surface area (Å²) in [6.07, 6.45) is 0.284. The molecule has 1 saturated heterocycles. The predicted molar refractivity (Wildman–Crippen MR) is 108 cm³/mol. The lowest BCUT2D eigenvalue weighted by atomic mass is 10.1. The summed E-state index contributed by atoms with van der Waals surface area (Å²) in [6.45, 7) is 2.32. The molecule has 1 fully saturated rings. The van der Waals surface area contributed by atoms with Crippen LogP contribution in [0.1, 0.15) is 15.9 Å². The van der Waals surface area contributed by atoms with Gasteiger partial charge in [-0.2, -0.15) is 0 Å². The third-order valence-corrected chi connectivity index (χ3v) is 4.66. The smallest absolute Gasteiger partial charge is 0.293 e. The Bertz CT molecular complexity index is 908. The fourth-order valence-corrected chi connectivity index (χ4v) is 3.04. The van der Waals surface area contributed by atoms with Gasteiger partial charge in [0.15, 0.2) is 0 Å². The van der Waals surface area contributed by atoms with E-state index >= 15 is 0 Å². The molecule has 2 N–H and O–H groups in total. The summed E-state index contributed by atoms with van der Waals surface area (Å²) in [5.41, 5.74) is 1.73. The van der Waals surface area contributed by atoms with Gasteiger partial charge < -0.3 is 20.3 Å². The SMILES string of the molecule is CNc1ccc(C(=O)Nc2ccc(CC(=O)N3CCOCC3)cc2)cc1[N+](=O)[O-]. The van der Waals surface area contributed by atoms with Crippen molar-refractivity contribution in [3.63, 3.8) is 0 Å². The highest BCUT2D eigenvalue weighted by Gasteiger charge is 2.18. The van der Waals surface area contributed by atoms with Gasteiger partial charge in [0.05, 0.1) is 24.6 Å². The van der Waals surface area contributed by atoms with Gasteiger partial charge in [0.25, 0.3) is 11.6 Å². The minimum atomic E-state index is -0.539. The first-order valence-electron chi connectivity index (χ1n) is 9.20. The Morgan fingerprint density at radius 1 is 1.14 bits per heavy atom. The molecule has 2 aromatic rings. The second kappa shape index (κ2) is 9.16. The third kappa shape index (κ3) is 5.08. The summed E-state index contributed by atoms with van der Waals surface area (Å²) in [5.74, 6) is -0.407. The van der Waals surface area contributed by atoms with Crippen LogP contribution in [0.5, 0.6) is 0 Å². The largest absolute Gasteiger partial charge is 0.383 e. The number of nitro groups is 1. The molecule has 9 nitrogen and oxygen atoms in total. The monoisotopic (exact) mass is 398 g/mol. The standard InChI is InChI=1S/C20H22N4O5/c1-21-17-7-4-15(13-18(17)24(27)28)20(26)22-16-5-2-14(3-6-16)12-19(25)23-8-10-29-11-9-23/h2-7,13,21H,8-12H2,1H3,(H,22,26). The topological polar surface area (TPSA) is 114 Å². The van der Waals surface area contributed by atoms with Crippen LogP contribution in [0.4, 0.5) is 17.1 Å². The van der Waals surface area contributed by atoms with Crippen molar-refractivity contribution < 1.29 is 19.2 Å². The van der Waals surface area contributed by atoms with Crippen LogP contribution in [0.15, 0.2) is 42.5 Å². The van der Waals surface area contributed by atoms with Gasteiger partial charge in [-0.05, 0) is 29.8 Å². The maximum Gasteiger partial charge on any atom is 0.293 e. The number of hydrogen-bond donors (Lipinski definition) is 2. The summed E-state index contributed by atoms with van der Waals surface area (Å²) >= 11 is 0. The average Bonchev–Trinajstić information content (AvgIpc) is 2.75. The van der Waals surface area contributed by atoms with E-state index in [0.717, 1.165) is 5.56 Å². The molecule has 152 valence electrons. The van der Waals surface area contributed by atoms with Crippen LogP contribution in [0, 0.1) is 10.1 Å². The van der Waals surface area contributed by atoms with Gasteiger partial charge in [-0.15, -0.1) is 0 Å². The number of amides is 2. The summed E-state index contributed by atoms with van der Waals surface area (Å²) in [4.78, 5) is 37.1. The molecule has 0 spiro atoms. The van der Waals surface area contributed by atoms with E-state index in [1.165, 1.54) is 18.2 Å². The molecule has 1 heterocycles. The van der Waals surface area contributed by atoms with Gasteiger partial charge in [-0.1, -0.05) is 12.1 Å². The van der Waals surface area contributed by atoms with Crippen molar-refractivity contribution in [1.82, 2.24) is 4.90 Å². The lowest BCUT2D eigenvalue weighted by molar-refractivity contribution is -0.384. The zero-order chi connectivity index (χ0) is 20.8. The van der Waals surface area contributed by atoms with Crippen molar-refractivity contribution >= 4 is 28.9 Å². The molecule has 0 radical (unpaired) electrons. The second-order valence-electron chi connectivity index (χ2n) is 6.56. The zero-order valence-corrected chi connectivity index (χ0v) is 16.0. The van der Waals surface area contributed by atoms with Crippen molar-refractivity contribution in [2.75, 3.05) is 44.0 Å². The first kappa shape index (κ1) is 20.3. The number of nitro benzene ring substituents is 1. The fourth-order valence-electron chi connectivity index (χ4n) is 3.04. The molecule has 9 heteroatoms. The first-order chi connectivity index (χ1) is 14.0. The maximum atomic E-state index is 12.4. The number of morpholine rings is 1. The molecule has 0 aromatic heterocycles. The summed E-state index contributed by atoms with van der Waals surface area (Å²) in [7, 11) is 1.58. The zero-order valence-electron chi connectivity index (χ0n) is 16.0. The number of hydrogen-bond acceptors (Lipinski definition) is 6. The highest BCUT2D eigenvalue weighted by Crippen LogP contribution is 2.25. The van der Waals surface area contributed by atoms with Gasteiger partial charge in [-0.3, -0.25) is 19.7 Å². The Kier molecular flexibility index (Phi) is 6.40. The predicted octanol–water partition coefficient (Wildman–Crippen LogP) is 2.29. The van der Waals surface area contributed by atoms with Gasteiger partial charge >= 0.3 is 0 Å². The van der Waals surface area contributed by atoms with E-state index in [2.05, 4.69) is 10.6 Å². The molecule has 0 aliphatic carbocycles.